The van der Waals surface area contributed by atoms with Crippen LogP contribution in [-0.4, -0.2) is 4.57 Å². The third kappa shape index (κ3) is 2.62. The van der Waals surface area contributed by atoms with Crippen molar-refractivity contribution in [2.24, 2.45) is 12.8 Å². The first-order valence-corrected chi connectivity index (χ1v) is 7.22. The van der Waals surface area contributed by atoms with Gasteiger partial charge >= 0.3 is 0 Å². The molecule has 0 radical (unpaired) electrons. The van der Waals surface area contributed by atoms with Gasteiger partial charge < -0.3 is 15.0 Å². The Balaban J connectivity index is 1.91. The van der Waals surface area contributed by atoms with E-state index < -0.39 is 0 Å². The third-order valence-electron chi connectivity index (χ3n) is 3.71. The van der Waals surface area contributed by atoms with E-state index in [1.807, 2.05) is 37.4 Å². The van der Waals surface area contributed by atoms with Gasteiger partial charge in [-0.2, -0.15) is 0 Å². The van der Waals surface area contributed by atoms with Crippen molar-refractivity contribution in [2.45, 2.75) is 13.2 Å². The van der Waals surface area contributed by atoms with Crippen molar-refractivity contribution in [1.29, 1.82) is 0 Å². The minimum Gasteiger partial charge on any atom is -0.486 e. The van der Waals surface area contributed by atoms with Crippen molar-refractivity contribution >= 4 is 22.5 Å². The van der Waals surface area contributed by atoms with Crippen LogP contribution in [0.5, 0.6) is 5.75 Å². The van der Waals surface area contributed by atoms with Crippen LogP contribution >= 0.6 is 11.6 Å². The topological polar surface area (TPSA) is 40.2 Å². The highest BCUT2D eigenvalue weighted by atomic mass is 35.5. The number of nitrogens with zero attached hydrogens (tertiary/aromatic N) is 1. The van der Waals surface area contributed by atoms with Crippen LogP contribution in [0.3, 0.4) is 0 Å². The van der Waals surface area contributed by atoms with Crippen LogP contribution in [0.2, 0.25) is 5.02 Å². The van der Waals surface area contributed by atoms with Gasteiger partial charge in [-0.1, -0.05) is 35.9 Å². The first-order chi connectivity index (χ1) is 10.2. The minimum atomic E-state index is 0.471. The van der Waals surface area contributed by atoms with Gasteiger partial charge in [-0.05, 0) is 29.8 Å². The molecule has 0 saturated carbocycles. The molecule has 2 N–H and O–H groups in total. The zero-order valence-electron chi connectivity index (χ0n) is 11.8. The summed E-state index contributed by atoms with van der Waals surface area (Å²) < 4.78 is 7.95. The summed E-state index contributed by atoms with van der Waals surface area (Å²) in [7, 11) is 2.04. The Morgan fingerprint density at radius 3 is 2.71 bits per heavy atom. The highest BCUT2D eigenvalue weighted by molar-refractivity contribution is 6.32. The Kier molecular flexibility index (Phi) is 3.86. The molecule has 0 atom stereocenters. The summed E-state index contributed by atoms with van der Waals surface area (Å²) in [5.74, 6) is 0.698. The molecular weight excluding hydrogens is 284 g/mol. The zero-order chi connectivity index (χ0) is 14.8. The van der Waals surface area contributed by atoms with Crippen LogP contribution in [0.25, 0.3) is 10.9 Å². The summed E-state index contributed by atoms with van der Waals surface area (Å²) in [5, 5.41) is 1.80. The second-order valence-corrected chi connectivity index (χ2v) is 5.38. The average molecular weight is 301 g/mol. The monoisotopic (exact) mass is 300 g/mol. The lowest BCUT2D eigenvalue weighted by Crippen LogP contribution is -2.02. The van der Waals surface area contributed by atoms with Crippen LogP contribution in [-0.2, 0) is 20.2 Å². The molecule has 0 amide bonds. The van der Waals surface area contributed by atoms with E-state index in [4.69, 9.17) is 22.1 Å². The van der Waals surface area contributed by atoms with E-state index in [-0.39, 0.29) is 0 Å². The lowest BCUT2D eigenvalue weighted by Gasteiger charge is -2.08. The normalized spacial score (nSPS) is 11.0. The SMILES string of the molecule is Cn1c(COc2ccccc2Cl)cc2c(CN)cccc21. The number of halogens is 1. The molecule has 108 valence electrons. The summed E-state index contributed by atoms with van der Waals surface area (Å²) in [6.45, 7) is 1.01. The summed E-state index contributed by atoms with van der Waals surface area (Å²) >= 11 is 6.11. The molecule has 0 unspecified atom stereocenters. The maximum absolute atomic E-state index is 6.11. The van der Waals surface area contributed by atoms with Gasteiger partial charge in [0.05, 0.1) is 10.7 Å². The fraction of sp³-hybridized carbons (Fsp3) is 0.176. The fourth-order valence-corrected chi connectivity index (χ4v) is 2.70. The van der Waals surface area contributed by atoms with E-state index in [0.717, 1.165) is 16.8 Å². The molecule has 0 bridgehead atoms. The van der Waals surface area contributed by atoms with Crippen LogP contribution < -0.4 is 10.5 Å². The van der Waals surface area contributed by atoms with Crippen LogP contribution in [0, 0.1) is 0 Å². The van der Waals surface area contributed by atoms with Gasteiger partial charge in [0.25, 0.3) is 0 Å². The zero-order valence-corrected chi connectivity index (χ0v) is 12.6. The highest BCUT2D eigenvalue weighted by Gasteiger charge is 2.09. The quantitative estimate of drug-likeness (QED) is 0.794. The van der Waals surface area contributed by atoms with Gasteiger partial charge in [0.1, 0.15) is 12.4 Å². The summed E-state index contributed by atoms with van der Waals surface area (Å²) in [4.78, 5) is 0. The second-order valence-electron chi connectivity index (χ2n) is 4.97. The molecule has 2 aromatic carbocycles. The summed E-state index contributed by atoms with van der Waals surface area (Å²) in [6, 6.07) is 15.8. The molecule has 0 aliphatic rings. The van der Waals surface area contributed by atoms with E-state index >= 15 is 0 Å². The molecule has 0 fully saturated rings. The molecular formula is C17H17ClN2O. The van der Waals surface area contributed by atoms with E-state index in [9.17, 15) is 0 Å². The van der Waals surface area contributed by atoms with Gasteiger partial charge in [-0.15, -0.1) is 0 Å². The maximum atomic E-state index is 6.11. The number of para-hydroxylation sites is 1. The van der Waals surface area contributed by atoms with Gasteiger partial charge in [-0.25, -0.2) is 0 Å². The molecule has 3 rings (SSSR count). The molecule has 0 aliphatic carbocycles. The molecule has 4 heteroatoms. The molecule has 1 heterocycles. The van der Waals surface area contributed by atoms with Gasteiger partial charge in [0, 0.05) is 24.5 Å². The lowest BCUT2D eigenvalue weighted by atomic mass is 10.1. The number of ether oxygens (including phenoxy) is 1. The van der Waals surface area contributed by atoms with E-state index in [2.05, 4.69) is 22.8 Å². The largest absolute Gasteiger partial charge is 0.486 e. The lowest BCUT2D eigenvalue weighted by molar-refractivity contribution is 0.298. The van der Waals surface area contributed by atoms with Crippen molar-refractivity contribution in [1.82, 2.24) is 4.57 Å². The Labute approximate surface area is 128 Å². The van der Waals surface area contributed by atoms with Gasteiger partial charge in [0.2, 0.25) is 0 Å². The van der Waals surface area contributed by atoms with Gasteiger partial charge in [-0.3, -0.25) is 0 Å². The average Bonchev–Trinajstić information content (AvgIpc) is 2.83. The molecule has 21 heavy (non-hydrogen) atoms. The Hall–Kier alpha value is -1.97. The van der Waals surface area contributed by atoms with Gasteiger partial charge in [0.15, 0.2) is 0 Å². The number of fused-ring (bicyclic) bond motifs is 1. The smallest absolute Gasteiger partial charge is 0.138 e. The van der Waals surface area contributed by atoms with Crippen molar-refractivity contribution < 1.29 is 4.74 Å². The predicted octanol–water partition coefficient (Wildman–Crippen LogP) is 3.87. The Morgan fingerprint density at radius 2 is 1.95 bits per heavy atom. The first kappa shape index (κ1) is 14.0. The molecule has 0 saturated heterocycles. The molecule has 3 nitrogen and oxygen atoms in total. The van der Waals surface area contributed by atoms with Crippen LogP contribution in [0.4, 0.5) is 0 Å². The maximum Gasteiger partial charge on any atom is 0.138 e. The van der Waals surface area contributed by atoms with Crippen LogP contribution in [0.1, 0.15) is 11.3 Å². The van der Waals surface area contributed by atoms with Crippen molar-refractivity contribution in [3.63, 3.8) is 0 Å². The van der Waals surface area contributed by atoms with E-state index in [1.165, 1.54) is 5.39 Å². The predicted molar refractivity (Wildman–Crippen MR) is 86.6 cm³/mol. The molecule has 0 spiro atoms. The summed E-state index contributed by atoms with van der Waals surface area (Å²) in [6.07, 6.45) is 0. The number of hydrogen-bond donors (Lipinski definition) is 1. The molecule has 1 aromatic heterocycles. The first-order valence-electron chi connectivity index (χ1n) is 6.84. The number of nitrogens with two attached hydrogens (primary N) is 1. The number of hydrogen-bond acceptors (Lipinski definition) is 2. The molecule has 0 aliphatic heterocycles. The number of rotatable bonds is 4. The van der Waals surface area contributed by atoms with Crippen molar-refractivity contribution in [3.05, 3.63) is 64.8 Å². The van der Waals surface area contributed by atoms with Crippen molar-refractivity contribution in [3.8, 4) is 5.75 Å². The standard InChI is InChI=1S/C17H17ClN2O/c1-20-13(11-21-17-8-3-2-6-15(17)18)9-14-12(10-19)5-4-7-16(14)20/h2-9H,10-11,19H2,1H3. The van der Waals surface area contributed by atoms with E-state index in [1.54, 1.807) is 0 Å². The minimum absolute atomic E-state index is 0.471. The fourth-order valence-electron chi connectivity index (χ4n) is 2.51. The number of aromatic nitrogens is 1. The summed E-state index contributed by atoms with van der Waals surface area (Å²) in [5.41, 5.74) is 9.20. The number of benzene rings is 2. The number of aryl methyl sites for hydroxylation is 1. The van der Waals surface area contributed by atoms with Crippen molar-refractivity contribution in [2.75, 3.05) is 0 Å². The van der Waals surface area contributed by atoms with E-state index in [0.29, 0.717) is 23.9 Å². The Morgan fingerprint density at radius 1 is 1.14 bits per heavy atom. The third-order valence-corrected chi connectivity index (χ3v) is 4.02. The van der Waals surface area contributed by atoms with Crippen LogP contribution in [0.15, 0.2) is 48.5 Å². The highest BCUT2D eigenvalue weighted by Crippen LogP contribution is 2.26. The Bertz CT molecular complexity index is 780. The second kappa shape index (κ2) is 5.80. The molecule has 3 aromatic rings.